The largest absolute Gasteiger partial charge is 0.508 e. The molecule has 1 atom stereocenters. The van der Waals surface area contributed by atoms with Crippen LogP contribution < -0.4 is 0 Å². The lowest BCUT2D eigenvalue weighted by Crippen LogP contribution is -2.38. The van der Waals surface area contributed by atoms with Crippen molar-refractivity contribution in [1.29, 1.82) is 0 Å². The highest BCUT2D eigenvalue weighted by Crippen LogP contribution is 2.34. The van der Waals surface area contributed by atoms with Crippen LogP contribution in [0.1, 0.15) is 57.6 Å². The van der Waals surface area contributed by atoms with E-state index in [1.807, 2.05) is 12.1 Å². The van der Waals surface area contributed by atoms with Crippen molar-refractivity contribution in [3.63, 3.8) is 0 Å². The van der Waals surface area contributed by atoms with Gasteiger partial charge in [0.2, 0.25) is 0 Å². The lowest BCUT2D eigenvalue weighted by atomic mass is 9.92. The number of hydrogen-bond donors (Lipinski definition) is 1. The van der Waals surface area contributed by atoms with Gasteiger partial charge in [0.1, 0.15) is 5.75 Å². The number of halogens is 1. The second-order valence-electron chi connectivity index (χ2n) is 5.50. The van der Waals surface area contributed by atoms with Gasteiger partial charge in [0.15, 0.2) is 0 Å². The second kappa shape index (κ2) is 6.76. The topological polar surface area (TPSA) is 23.5 Å². The second-order valence-corrected chi connectivity index (χ2v) is 6.42. The molecule has 1 aliphatic carbocycles. The molecule has 1 aliphatic rings. The molecule has 0 spiro atoms. The van der Waals surface area contributed by atoms with Gasteiger partial charge in [0.05, 0.1) is 0 Å². The third-order valence-electron chi connectivity index (χ3n) is 4.35. The van der Waals surface area contributed by atoms with E-state index >= 15 is 0 Å². The molecule has 2 rings (SSSR count). The zero-order valence-corrected chi connectivity index (χ0v) is 13.5. The normalized spacial score (nSPS) is 18.7. The zero-order chi connectivity index (χ0) is 13.8. The third-order valence-corrected chi connectivity index (χ3v) is 4.84. The van der Waals surface area contributed by atoms with E-state index in [4.69, 9.17) is 0 Å². The molecule has 0 aromatic heterocycles. The molecule has 1 aromatic rings. The number of aromatic hydroxyl groups is 1. The van der Waals surface area contributed by atoms with Gasteiger partial charge < -0.3 is 5.11 Å². The number of phenolic OH excluding ortho intramolecular Hbond substituents is 1. The predicted octanol–water partition coefficient (Wildman–Crippen LogP) is 4.87. The first-order valence-corrected chi connectivity index (χ1v) is 8.17. The van der Waals surface area contributed by atoms with E-state index < -0.39 is 0 Å². The summed E-state index contributed by atoms with van der Waals surface area (Å²) in [6.45, 7) is 5.47. The number of nitrogens with zero attached hydrogens (tertiary/aromatic N) is 1. The summed E-state index contributed by atoms with van der Waals surface area (Å²) in [5.74, 6) is 0.407. The molecular formula is C16H24BrNO. The molecule has 0 radical (unpaired) electrons. The highest BCUT2D eigenvalue weighted by Gasteiger charge is 2.26. The minimum absolute atomic E-state index is 0.269. The van der Waals surface area contributed by atoms with Crippen molar-refractivity contribution in [2.45, 2.75) is 58.0 Å². The summed E-state index contributed by atoms with van der Waals surface area (Å²) in [5, 5.41) is 10.1. The van der Waals surface area contributed by atoms with Gasteiger partial charge in [-0.3, -0.25) is 4.90 Å². The molecule has 0 saturated heterocycles. The molecule has 1 N–H and O–H groups in total. The molecule has 1 aromatic carbocycles. The SMILES string of the molecule is CCN(C1CCCCC1)C(C)c1cc(Br)ccc1O. The van der Waals surface area contributed by atoms with Crippen molar-refractivity contribution >= 4 is 15.9 Å². The van der Waals surface area contributed by atoms with Crippen LogP contribution in [0.3, 0.4) is 0 Å². The van der Waals surface area contributed by atoms with Crippen molar-refractivity contribution < 1.29 is 5.11 Å². The Morgan fingerprint density at radius 2 is 2.00 bits per heavy atom. The lowest BCUT2D eigenvalue weighted by molar-refractivity contribution is 0.118. The maximum atomic E-state index is 10.1. The first-order valence-electron chi connectivity index (χ1n) is 7.37. The van der Waals surface area contributed by atoms with E-state index in [2.05, 4.69) is 34.7 Å². The van der Waals surface area contributed by atoms with Crippen molar-refractivity contribution in [3.05, 3.63) is 28.2 Å². The highest BCUT2D eigenvalue weighted by molar-refractivity contribution is 9.10. The summed E-state index contributed by atoms with van der Waals surface area (Å²) in [4.78, 5) is 2.54. The quantitative estimate of drug-likeness (QED) is 0.853. The van der Waals surface area contributed by atoms with Crippen LogP contribution in [0.25, 0.3) is 0 Å². The molecule has 2 nitrogen and oxygen atoms in total. The predicted molar refractivity (Wildman–Crippen MR) is 83.5 cm³/mol. The van der Waals surface area contributed by atoms with Crippen LogP contribution in [0.15, 0.2) is 22.7 Å². The monoisotopic (exact) mass is 325 g/mol. The summed E-state index contributed by atoms with van der Waals surface area (Å²) < 4.78 is 1.03. The number of benzene rings is 1. The lowest BCUT2D eigenvalue weighted by Gasteiger charge is -2.38. The highest BCUT2D eigenvalue weighted by atomic mass is 79.9. The third kappa shape index (κ3) is 3.51. The minimum atomic E-state index is 0.269. The Labute approximate surface area is 124 Å². The average molecular weight is 326 g/mol. The average Bonchev–Trinajstić information content (AvgIpc) is 2.43. The van der Waals surface area contributed by atoms with E-state index in [1.165, 1.54) is 32.1 Å². The molecule has 0 bridgehead atoms. The molecular weight excluding hydrogens is 302 g/mol. The van der Waals surface area contributed by atoms with Crippen LogP contribution in [0.4, 0.5) is 0 Å². The number of phenols is 1. The molecule has 1 saturated carbocycles. The number of hydrogen-bond acceptors (Lipinski definition) is 2. The van der Waals surface area contributed by atoms with E-state index in [0.717, 1.165) is 16.6 Å². The molecule has 3 heteroatoms. The molecule has 0 amide bonds. The Morgan fingerprint density at radius 1 is 1.32 bits per heavy atom. The van der Waals surface area contributed by atoms with Crippen molar-refractivity contribution in [3.8, 4) is 5.75 Å². The van der Waals surface area contributed by atoms with E-state index in [-0.39, 0.29) is 6.04 Å². The maximum absolute atomic E-state index is 10.1. The van der Waals surface area contributed by atoms with Crippen LogP contribution in [-0.4, -0.2) is 22.6 Å². The van der Waals surface area contributed by atoms with Gasteiger partial charge in [-0.15, -0.1) is 0 Å². The van der Waals surface area contributed by atoms with Crippen LogP contribution >= 0.6 is 15.9 Å². The van der Waals surface area contributed by atoms with Crippen molar-refractivity contribution in [2.24, 2.45) is 0 Å². The van der Waals surface area contributed by atoms with E-state index in [0.29, 0.717) is 11.8 Å². The van der Waals surface area contributed by atoms with Gasteiger partial charge in [-0.05, 0) is 44.5 Å². The molecule has 19 heavy (non-hydrogen) atoms. The van der Waals surface area contributed by atoms with Crippen LogP contribution in [-0.2, 0) is 0 Å². The minimum Gasteiger partial charge on any atom is -0.508 e. The van der Waals surface area contributed by atoms with Gasteiger partial charge >= 0.3 is 0 Å². The Balaban J connectivity index is 2.19. The fraction of sp³-hybridized carbons (Fsp3) is 0.625. The fourth-order valence-corrected chi connectivity index (χ4v) is 3.68. The zero-order valence-electron chi connectivity index (χ0n) is 11.9. The molecule has 0 aliphatic heterocycles. The Hall–Kier alpha value is -0.540. The Morgan fingerprint density at radius 3 is 2.63 bits per heavy atom. The summed E-state index contributed by atoms with van der Waals surface area (Å²) >= 11 is 3.50. The smallest absolute Gasteiger partial charge is 0.120 e. The van der Waals surface area contributed by atoms with Crippen LogP contribution in [0.2, 0.25) is 0 Å². The van der Waals surface area contributed by atoms with Gasteiger partial charge in [-0.2, -0.15) is 0 Å². The van der Waals surface area contributed by atoms with Gasteiger partial charge in [0, 0.05) is 22.1 Å². The summed E-state index contributed by atoms with van der Waals surface area (Å²) in [7, 11) is 0. The molecule has 106 valence electrons. The number of rotatable bonds is 4. The molecule has 0 heterocycles. The molecule has 1 unspecified atom stereocenters. The standard InChI is InChI=1S/C16H24BrNO/c1-3-18(14-7-5-4-6-8-14)12(2)15-11-13(17)9-10-16(15)19/h9-12,14,19H,3-8H2,1-2H3. The summed E-state index contributed by atoms with van der Waals surface area (Å²) in [6.07, 6.45) is 6.67. The van der Waals surface area contributed by atoms with Crippen molar-refractivity contribution in [2.75, 3.05) is 6.54 Å². The van der Waals surface area contributed by atoms with E-state index in [9.17, 15) is 5.11 Å². The fourth-order valence-electron chi connectivity index (χ4n) is 3.30. The molecule has 1 fully saturated rings. The van der Waals surface area contributed by atoms with Gasteiger partial charge in [0.25, 0.3) is 0 Å². The Bertz CT molecular complexity index is 415. The summed E-state index contributed by atoms with van der Waals surface area (Å²) in [6, 6.07) is 6.66. The van der Waals surface area contributed by atoms with Crippen LogP contribution in [0.5, 0.6) is 5.75 Å². The van der Waals surface area contributed by atoms with Crippen LogP contribution in [0, 0.1) is 0 Å². The van der Waals surface area contributed by atoms with Gasteiger partial charge in [-0.25, -0.2) is 0 Å². The van der Waals surface area contributed by atoms with E-state index in [1.54, 1.807) is 6.07 Å². The first kappa shape index (κ1) is 14.9. The van der Waals surface area contributed by atoms with Crippen molar-refractivity contribution in [1.82, 2.24) is 4.90 Å². The van der Waals surface area contributed by atoms with Gasteiger partial charge in [-0.1, -0.05) is 42.1 Å². The Kier molecular flexibility index (Phi) is 5.28. The first-order chi connectivity index (χ1) is 9.13. The maximum Gasteiger partial charge on any atom is 0.120 e. The summed E-state index contributed by atoms with van der Waals surface area (Å²) in [5.41, 5.74) is 1.03.